The van der Waals surface area contributed by atoms with Gasteiger partial charge in [-0.1, -0.05) is 31.4 Å². The molecule has 8 nitrogen and oxygen atoms in total. The van der Waals surface area contributed by atoms with Crippen molar-refractivity contribution in [3.05, 3.63) is 59.7 Å². The van der Waals surface area contributed by atoms with Crippen LogP contribution in [0.4, 0.5) is 23.7 Å². The van der Waals surface area contributed by atoms with E-state index in [1.165, 1.54) is 12.1 Å². The maximum absolute atomic E-state index is 13.2. The highest BCUT2D eigenvalue weighted by molar-refractivity contribution is 5.94. The Bertz CT molecular complexity index is 1040. The number of ether oxygens (including phenoxy) is 1. The number of nitrogens with one attached hydrogen (secondary N) is 2. The molecule has 0 unspecified atom stereocenters. The lowest BCUT2D eigenvalue weighted by molar-refractivity contribution is -0.274. The van der Waals surface area contributed by atoms with Gasteiger partial charge in [-0.15, -0.1) is 13.2 Å². The number of benzene rings is 2. The van der Waals surface area contributed by atoms with Crippen LogP contribution in [0.5, 0.6) is 5.75 Å². The minimum atomic E-state index is -4.79. The van der Waals surface area contributed by atoms with Crippen LogP contribution in [0.15, 0.2) is 48.5 Å². The molecule has 1 aliphatic carbocycles. The van der Waals surface area contributed by atoms with E-state index in [1.54, 1.807) is 29.2 Å². The highest BCUT2D eigenvalue weighted by Gasteiger charge is 2.31. The number of hydrogen-bond donors (Lipinski definition) is 3. The molecule has 1 saturated carbocycles. The standard InChI is InChI=1S/C25H28F3N3O5/c26-25(27,28)36-21-12-10-19(11-13-21)30-24(35)31(20-4-2-1-3-5-20)16-17-6-8-18(9-7-17)23(34)29-15-14-22(32)33/h6-13,20H,1-5,14-16H2,(H,29,34)(H,30,35)(H,32,33). The summed E-state index contributed by atoms with van der Waals surface area (Å²) < 4.78 is 41.0. The van der Waals surface area contributed by atoms with E-state index in [0.717, 1.165) is 49.8 Å². The fourth-order valence-corrected chi connectivity index (χ4v) is 4.04. The molecule has 2 aromatic carbocycles. The first-order chi connectivity index (χ1) is 17.1. The molecule has 0 aliphatic heterocycles. The van der Waals surface area contributed by atoms with Crippen molar-refractivity contribution in [2.75, 3.05) is 11.9 Å². The average Bonchev–Trinajstić information content (AvgIpc) is 2.83. The van der Waals surface area contributed by atoms with Gasteiger partial charge < -0.3 is 25.4 Å². The molecule has 0 aromatic heterocycles. The van der Waals surface area contributed by atoms with Crippen LogP contribution < -0.4 is 15.4 Å². The summed E-state index contributed by atoms with van der Waals surface area (Å²) in [4.78, 5) is 37.6. The molecular weight excluding hydrogens is 479 g/mol. The lowest BCUT2D eigenvalue weighted by Crippen LogP contribution is -2.43. The predicted octanol–water partition coefficient (Wildman–Crippen LogP) is 5.16. The van der Waals surface area contributed by atoms with E-state index in [9.17, 15) is 27.6 Å². The van der Waals surface area contributed by atoms with E-state index in [-0.39, 0.29) is 43.2 Å². The zero-order valence-electron chi connectivity index (χ0n) is 19.5. The first-order valence-electron chi connectivity index (χ1n) is 11.6. The normalized spacial score (nSPS) is 14.1. The second-order valence-electron chi connectivity index (χ2n) is 8.52. The quantitative estimate of drug-likeness (QED) is 0.435. The predicted molar refractivity (Wildman–Crippen MR) is 126 cm³/mol. The number of urea groups is 1. The summed E-state index contributed by atoms with van der Waals surface area (Å²) in [5, 5.41) is 14.0. The highest BCUT2D eigenvalue weighted by atomic mass is 19.4. The molecule has 194 valence electrons. The number of halogens is 3. The van der Waals surface area contributed by atoms with Gasteiger partial charge >= 0.3 is 18.4 Å². The number of carbonyl (C=O) groups is 3. The number of hydrogen-bond acceptors (Lipinski definition) is 4. The van der Waals surface area contributed by atoms with Gasteiger partial charge in [-0.05, 0) is 54.8 Å². The third-order valence-corrected chi connectivity index (χ3v) is 5.81. The molecule has 0 heterocycles. The van der Waals surface area contributed by atoms with E-state index in [4.69, 9.17) is 5.11 Å². The molecule has 0 atom stereocenters. The molecule has 11 heteroatoms. The summed E-state index contributed by atoms with van der Waals surface area (Å²) in [6.45, 7) is 0.307. The topological polar surface area (TPSA) is 108 Å². The Hall–Kier alpha value is -3.76. The van der Waals surface area contributed by atoms with E-state index < -0.39 is 12.3 Å². The summed E-state index contributed by atoms with van der Waals surface area (Å²) in [7, 11) is 0. The summed E-state index contributed by atoms with van der Waals surface area (Å²) in [6, 6.07) is 11.3. The Morgan fingerprint density at radius 3 is 2.19 bits per heavy atom. The van der Waals surface area contributed by atoms with Gasteiger partial charge in [-0.3, -0.25) is 9.59 Å². The lowest BCUT2D eigenvalue weighted by Gasteiger charge is -2.34. The van der Waals surface area contributed by atoms with Crippen molar-refractivity contribution in [1.82, 2.24) is 10.2 Å². The van der Waals surface area contributed by atoms with Crippen LogP contribution in [0.3, 0.4) is 0 Å². The van der Waals surface area contributed by atoms with Crippen molar-refractivity contribution in [2.45, 2.75) is 57.5 Å². The Labute approximate surface area is 206 Å². The molecule has 0 spiro atoms. The first-order valence-corrected chi connectivity index (χ1v) is 11.6. The summed E-state index contributed by atoms with van der Waals surface area (Å²) in [5.74, 6) is -1.77. The Morgan fingerprint density at radius 1 is 0.972 bits per heavy atom. The number of anilines is 1. The van der Waals surface area contributed by atoms with Gasteiger partial charge in [0.15, 0.2) is 0 Å². The molecule has 0 radical (unpaired) electrons. The number of alkyl halides is 3. The number of carbonyl (C=O) groups excluding carboxylic acids is 2. The molecular formula is C25H28F3N3O5. The fourth-order valence-electron chi connectivity index (χ4n) is 4.04. The van der Waals surface area contributed by atoms with Crippen LogP contribution in [-0.4, -0.2) is 46.9 Å². The van der Waals surface area contributed by atoms with Crippen molar-refractivity contribution in [2.24, 2.45) is 0 Å². The van der Waals surface area contributed by atoms with E-state index >= 15 is 0 Å². The third-order valence-electron chi connectivity index (χ3n) is 5.81. The molecule has 3 rings (SSSR count). The summed E-state index contributed by atoms with van der Waals surface area (Å²) in [6.07, 6.45) is -0.199. The van der Waals surface area contributed by atoms with E-state index in [1.807, 2.05) is 0 Å². The highest BCUT2D eigenvalue weighted by Crippen LogP contribution is 2.27. The van der Waals surface area contributed by atoms with Crippen LogP contribution >= 0.6 is 0 Å². The fraction of sp³-hybridized carbons (Fsp3) is 0.400. The van der Waals surface area contributed by atoms with Crippen molar-refractivity contribution < 1.29 is 37.4 Å². The number of aliphatic carboxylic acids is 1. The molecule has 36 heavy (non-hydrogen) atoms. The molecule has 3 amide bonds. The smallest absolute Gasteiger partial charge is 0.481 e. The lowest BCUT2D eigenvalue weighted by atomic mass is 9.94. The number of rotatable bonds is 9. The SMILES string of the molecule is O=C(O)CCNC(=O)c1ccc(CN(C(=O)Nc2ccc(OC(F)(F)F)cc2)C2CCCCC2)cc1. The maximum Gasteiger partial charge on any atom is 0.573 e. The molecule has 3 N–H and O–H groups in total. The van der Waals surface area contributed by atoms with Crippen LogP contribution in [0.25, 0.3) is 0 Å². The minimum absolute atomic E-state index is 0.00517. The van der Waals surface area contributed by atoms with Crippen molar-refractivity contribution in [3.8, 4) is 5.75 Å². The van der Waals surface area contributed by atoms with Gasteiger partial charge in [0.25, 0.3) is 5.91 Å². The van der Waals surface area contributed by atoms with Gasteiger partial charge in [-0.25, -0.2) is 4.79 Å². The second kappa shape index (κ2) is 12.3. The number of carboxylic acid groups (broad SMARTS) is 1. The van der Waals surface area contributed by atoms with Crippen molar-refractivity contribution in [3.63, 3.8) is 0 Å². The largest absolute Gasteiger partial charge is 0.573 e. The molecule has 0 saturated heterocycles. The molecule has 2 aromatic rings. The Kier molecular flexibility index (Phi) is 9.15. The maximum atomic E-state index is 13.2. The second-order valence-corrected chi connectivity index (χ2v) is 8.52. The zero-order chi connectivity index (χ0) is 26.1. The molecule has 1 aliphatic rings. The molecule has 1 fully saturated rings. The van der Waals surface area contributed by atoms with Gasteiger partial charge in [0.05, 0.1) is 6.42 Å². The Balaban J connectivity index is 1.66. The first kappa shape index (κ1) is 26.8. The third kappa shape index (κ3) is 8.47. The number of nitrogens with zero attached hydrogens (tertiary/aromatic N) is 1. The van der Waals surface area contributed by atoms with Crippen LogP contribution in [0, 0.1) is 0 Å². The van der Waals surface area contributed by atoms with Gasteiger partial charge in [0.1, 0.15) is 5.75 Å². The number of carboxylic acids is 1. The van der Waals surface area contributed by atoms with Crippen molar-refractivity contribution >= 4 is 23.6 Å². The molecule has 0 bridgehead atoms. The monoisotopic (exact) mass is 507 g/mol. The zero-order valence-corrected chi connectivity index (χ0v) is 19.5. The van der Waals surface area contributed by atoms with Gasteiger partial charge in [-0.2, -0.15) is 0 Å². The van der Waals surface area contributed by atoms with Crippen LogP contribution in [0.1, 0.15) is 54.4 Å². The van der Waals surface area contributed by atoms with Gasteiger partial charge in [0, 0.05) is 30.4 Å². The van der Waals surface area contributed by atoms with Gasteiger partial charge in [0.2, 0.25) is 0 Å². The van der Waals surface area contributed by atoms with Crippen LogP contribution in [0.2, 0.25) is 0 Å². The Morgan fingerprint density at radius 2 is 1.61 bits per heavy atom. The van der Waals surface area contributed by atoms with E-state index in [0.29, 0.717) is 11.3 Å². The average molecular weight is 508 g/mol. The van der Waals surface area contributed by atoms with Crippen LogP contribution in [-0.2, 0) is 11.3 Å². The van der Waals surface area contributed by atoms with E-state index in [2.05, 4.69) is 15.4 Å². The minimum Gasteiger partial charge on any atom is -0.481 e. The summed E-state index contributed by atoms with van der Waals surface area (Å²) >= 11 is 0. The number of amides is 3. The summed E-state index contributed by atoms with van der Waals surface area (Å²) in [5.41, 5.74) is 1.51. The van der Waals surface area contributed by atoms with Crippen molar-refractivity contribution in [1.29, 1.82) is 0 Å².